The van der Waals surface area contributed by atoms with Gasteiger partial charge in [-0.15, -0.1) is 0 Å². The number of aliphatic hydroxyl groups is 2. The maximum atomic E-state index is 13.9. The molecule has 4 aliphatic carbocycles. The van der Waals surface area contributed by atoms with Crippen LogP contribution in [-0.2, 0) is 19.2 Å². The Balaban J connectivity index is 1.73. The molecule has 0 heterocycles. The molecule has 0 radical (unpaired) electrons. The zero-order valence-electron chi connectivity index (χ0n) is 20.5. The second kappa shape index (κ2) is 8.27. The molecule has 5 rings (SSSR count). The second-order valence-electron chi connectivity index (χ2n) is 10.6. The van der Waals surface area contributed by atoms with Crippen molar-refractivity contribution in [3.8, 4) is 5.75 Å². The Bertz CT molecular complexity index is 1340. The fraction of sp³-hybridized carbons (Fsp3) is 0.444. The summed E-state index contributed by atoms with van der Waals surface area (Å²) in [5, 5.41) is 34.1. The Labute approximate surface area is 212 Å². The molecule has 1 amide bonds. The van der Waals surface area contributed by atoms with E-state index in [1.165, 1.54) is 25.1 Å². The number of nitrogens with zero attached hydrogens (tertiary/aromatic N) is 1. The zero-order valence-corrected chi connectivity index (χ0v) is 20.5. The highest BCUT2D eigenvalue weighted by atomic mass is 16.3. The first-order chi connectivity index (χ1) is 17.3. The van der Waals surface area contributed by atoms with E-state index in [9.17, 15) is 39.3 Å². The lowest BCUT2D eigenvalue weighted by Crippen LogP contribution is -2.77. The standard InChI is InChI=1S/C27H28N2O8/c1-10-14-12(11-6-4-5-7-11)8-9-13(30)16(14)21(31)17-15(10)22(32)19-20(29(2)3)23(33)18(26(28)36)25(35)27(19,37)24(17)34/h4-6,8-10,15,17-20,22,30,32,37H,7H2,1-3H3,(H2,28,36)/t10-,15+,17?,18?,19+,20-,22-,27-/m1/s1. The van der Waals surface area contributed by atoms with E-state index in [-0.39, 0.29) is 11.3 Å². The van der Waals surface area contributed by atoms with Gasteiger partial charge in [0.25, 0.3) is 0 Å². The third-order valence-electron chi connectivity index (χ3n) is 8.58. The van der Waals surface area contributed by atoms with Crippen molar-refractivity contribution in [2.24, 2.45) is 29.4 Å². The predicted molar refractivity (Wildman–Crippen MR) is 129 cm³/mol. The predicted octanol–water partition coefficient (Wildman–Crippen LogP) is -0.258. The molecule has 2 unspecified atom stereocenters. The van der Waals surface area contributed by atoms with E-state index in [0.29, 0.717) is 17.5 Å². The molecule has 4 aliphatic rings. The van der Waals surface area contributed by atoms with Gasteiger partial charge in [-0.05, 0) is 49.2 Å². The number of allylic oxidation sites excluding steroid dienone is 4. The van der Waals surface area contributed by atoms with Gasteiger partial charge in [0.05, 0.1) is 29.5 Å². The van der Waals surface area contributed by atoms with Crippen molar-refractivity contribution in [1.82, 2.24) is 4.90 Å². The second-order valence-corrected chi connectivity index (χ2v) is 10.6. The van der Waals surface area contributed by atoms with Gasteiger partial charge in [-0.2, -0.15) is 0 Å². The van der Waals surface area contributed by atoms with Gasteiger partial charge < -0.3 is 21.1 Å². The summed E-state index contributed by atoms with van der Waals surface area (Å²) >= 11 is 0. The van der Waals surface area contributed by atoms with Crippen LogP contribution in [0, 0.1) is 23.7 Å². The van der Waals surface area contributed by atoms with Crippen LogP contribution < -0.4 is 5.73 Å². The molecule has 194 valence electrons. The smallest absolute Gasteiger partial charge is 0.235 e. The number of rotatable bonds is 3. The minimum atomic E-state index is -3.00. The Morgan fingerprint density at radius 3 is 2.38 bits per heavy atom. The maximum Gasteiger partial charge on any atom is 0.235 e. The van der Waals surface area contributed by atoms with Crippen molar-refractivity contribution in [1.29, 1.82) is 0 Å². The number of amides is 1. The highest BCUT2D eigenvalue weighted by Crippen LogP contribution is 2.55. The van der Waals surface area contributed by atoms with Crippen molar-refractivity contribution in [3.63, 3.8) is 0 Å². The molecule has 37 heavy (non-hydrogen) atoms. The minimum Gasteiger partial charge on any atom is -0.507 e. The monoisotopic (exact) mass is 508 g/mol. The minimum absolute atomic E-state index is 0.100. The average molecular weight is 509 g/mol. The van der Waals surface area contributed by atoms with Crippen LogP contribution in [0.25, 0.3) is 5.57 Å². The van der Waals surface area contributed by atoms with Gasteiger partial charge in [0, 0.05) is 5.92 Å². The summed E-state index contributed by atoms with van der Waals surface area (Å²) in [6.45, 7) is 1.71. The van der Waals surface area contributed by atoms with Crippen LogP contribution in [0.5, 0.6) is 5.75 Å². The van der Waals surface area contributed by atoms with Crippen LogP contribution in [0.2, 0.25) is 0 Å². The molecule has 0 aromatic heterocycles. The summed E-state index contributed by atoms with van der Waals surface area (Å²) in [6, 6.07) is 1.64. The number of likely N-dealkylation sites (N-methyl/N-ethyl adjacent to an activating group) is 1. The van der Waals surface area contributed by atoms with Gasteiger partial charge in [0.1, 0.15) is 5.75 Å². The van der Waals surface area contributed by atoms with Crippen LogP contribution in [-0.4, -0.2) is 81.1 Å². The number of ketones is 4. The molecular formula is C27H28N2O8. The molecule has 10 nitrogen and oxygen atoms in total. The first kappa shape index (κ1) is 25.2. The quantitative estimate of drug-likeness (QED) is 0.401. The molecule has 10 heteroatoms. The van der Waals surface area contributed by atoms with Crippen molar-refractivity contribution in [3.05, 3.63) is 47.1 Å². The van der Waals surface area contributed by atoms with Crippen LogP contribution in [0.1, 0.15) is 40.7 Å². The van der Waals surface area contributed by atoms with E-state index < -0.39 is 76.4 Å². The van der Waals surface area contributed by atoms with E-state index in [1.807, 2.05) is 18.2 Å². The molecule has 8 atom stereocenters. The number of hydrogen-bond donors (Lipinski definition) is 4. The number of aromatic hydroxyl groups is 1. The molecule has 1 aromatic carbocycles. The van der Waals surface area contributed by atoms with Crippen molar-refractivity contribution in [2.75, 3.05) is 14.1 Å². The van der Waals surface area contributed by atoms with E-state index in [0.717, 1.165) is 5.57 Å². The number of nitrogens with two attached hydrogens (primary N) is 1. The topological polar surface area (TPSA) is 175 Å². The fourth-order valence-corrected chi connectivity index (χ4v) is 7.00. The molecule has 2 fully saturated rings. The molecule has 0 aliphatic heterocycles. The van der Waals surface area contributed by atoms with Crippen LogP contribution in [0.4, 0.5) is 0 Å². The van der Waals surface area contributed by atoms with Crippen LogP contribution in [0.15, 0.2) is 30.4 Å². The van der Waals surface area contributed by atoms with Crippen LogP contribution >= 0.6 is 0 Å². The number of hydrogen-bond acceptors (Lipinski definition) is 9. The summed E-state index contributed by atoms with van der Waals surface area (Å²) in [5.74, 6) is -13.2. The van der Waals surface area contributed by atoms with Crippen molar-refractivity contribution >= 4 is 34.6 Å². The maximum absolute atomic E-state index is 13.9. The average Bonchev–Trinajstić information content (AvgIpc) is 3.36. The normalized spacial score (nSPS) is 36.8. The van der Waals surface area contributed by atoms with Crippen molar-refractivity contribution < 1.29 is 39.3 Å². The zero-order chi connectivity index (χ0) is 27.1. The molecule has 5 N–H and O–H groups in total. The molecule has 0 saturated heterocycles. The number of carbonyl (C=O) groups excluding carboxylic acids is 5. The molecule has 0 spiro atoms. The summed E-state index contributed by atoms with van der Waals surface area (Å²) < 4.78 is 0. The largest absolute Gasteiger partial charge is 0.507 e. The number of fused-ring (bicyclic) bond motifs is 3. The molecule has 1 aromatic rings. The van der Waals surface area contributed by atoms with Gasteiger partial charge >= 0.3 is 0 Å². The van der Waals surface area contributed by atoms with E-state index in [2.05, 4.69) is 0 Å². The van der Waals surface area contributed by atoms with Gasteiger partial charge in [-0.1, -0.05) is 31.2 Å². The number of aliphatic hydroxyl groups excluding tert-OH is 1. The van der Waals surface area contributed by atoms with E-state index in [4.69, 9.17) is 5.73 Å². The first-order valence-corrected chi connectivity index (χ1v) is 12.1. The van der Waals surface area contributed by atoms with E-state index >= 15 is 0 Å². The Kier molecular flexibility index (Phi) is 5.63. The molecule has 0 bridgehead atoms. The molecular weight excluding hydrogens is 480 g/mol. The van der Waals surface area contributed by atoms with Gasteiger partial charge in [-0.3, -0.25) is 28.9 Å². The third kappa shape index (κ3) is 3.12. The third-order valence-corrected chi connectivity index (χ3v) is 8.58. The Morgan fingerprint density at radius 2 is 1.81 bits per heavy atom. The van der Waals surface area contributed by atoms with E-state index in [1.54, 1.807) is 13.0 Å². The lowest BCUT2D eigenvalue weighted by molar-refractivity contribution is -0.196. The highest BCUT2D eigenvalue weighted by molar-refractivity contribution is 6.32. The number of Topliss-reactive ketones (excluding diaryl/α,β-unsaturated/α-hetero) is 4. The van der Waals surface area contributed by atoms with Gasteiger partial charge in [0.2, 0.25) is 5.91 Å². The lowest BCUT2D eigenvalue weighted by atomic mass is 9.49. The number of phenolic OH excluding ortho intramolecular Hbond substituents is 1. The Hall–Kier alpha value is -3.47. The molecule has 2 saturated carbocycles. The number of phenols is 1. The first-order valence-electron chi connectivity index (χ1n) is 12.1. The number of carbonyl (C=O) groups is 5. The summed E-state index contributed by atoms with van der Waals surface area (Å²) in [6.07, 6.45) is 4.61. The Morgan fingerprint density at radius 1 is 1.14 bits per heavy atom. The summed E-state index contributed by atoms with van der Waals surface area (Å²) in [7, 11) is 2.92. The van der Waals surface area contributed by atoms with Crippen LogP contribution in [0.3, 0.4) is 0 Å². The van der Waals surface area contributed by atoms with Gasteiger partial charge in [0.15, 0.2) is 34.7 Å². The number of benzene rings is 1. The van der Waals surface area contributed by atoms with Crippen molar-refractivity contribution in [2.45, 2.75) is 37.0 Å². The SMILES string of the molecule is C[C@@H]1c2c(C3=CC=CC3)ccc(O)c2C(=O)C2C(=O)[C@@]3(O)C(=O)C(C(N)=O)C(=O)[C@H](N(C)C)[C@H]3[C@H](O)[C@H]21. The summed E-state index contributed by atoms with van der Waals surface area (Å²) in [4.78, 5) is 67.8. The van der Waals surface area contributed by atoms with Gasteiger partial charge in [-0.25, -0.2) is 0 Å². The fourth-order valence-electron chi connectivity index (χ4n) is 7.00. The highest BCUT2D eigenvalue weighted by Gasteiger charge is 2.73. The number of primary amides is 1. The summed E-state index contributed by atoms with van der Waals surface area (Å²) in [5.41, 5.74) is 4.26. The lowest BCUT2D eigenvalue weighted by Gasteiger charge is -2.56.